The second-order valence-corrected chi connectivity index (χ2v) is 6.01. The van der Waals surface area contributed by atoms with Crippen molar-refractivity contribution in [2.75, 3.05) is 17.6 Å². The van der Waals surface area contributed by atoms with Crippen molar-refractivity contribution in [3.63, 3.8) is 0 Å². The molecule has 0 aliphatic heterocycles. The van der Waals surface area contributed by atoms with Crippen molar-refractivity contribution in [1.82, 2.24) is 5.32 Å². The fourth-order valence-corrected chi connectivity index (χ4v) is 2.62. The fourth-order valence-electron chi connectivity index (χ4n) is 1.85. The largest absolute Gasteiger partial charge is 0.337 e. The normalized spacial score (nSPS) is 9.96. The zero-order chi connectivity index (χ0) is 16.7. The Kier molecular flexibility index (Phi) is 6.01. The molecule has 0 aliphatic carbocycles. The van der Waals surface area contributed by atoms with Gasteiger partial charge in [0.15, 0.2) is 0 Å². The van der Waals surface area contributed by atoms with E-state index in [0.717, 1.165) is 16.7 Å². The molecule has 0 unspecified atom stereocenters. The number of hydrogen-bond donors (Lipinski definition) is 2. The number of nitriles is 1. The molecule has 0 aliphatic rings. The predicted molar refractivity (Wildman–Crippen MR) is 90.0 cm³/mol. The predicted octanol–water partition coefficient (Wildman–Crippen LogP) is 3.92. The maximum Gasteiger partial charge on any atom is 0.319 e. The molecule has 2 N–H and O–H groups in total. The first-order valence-electron chi connectivity index (χ1n) is 7.02. The van der Waals surface area contributed by atoms with Crippen LogP contribution in [0.4, 0.5) is 14.9 Å². The van der Waals surface area contributed by atoms with E-state index in [2.05, 4.69) is 10.6 Å². The Morgan fingerprint density at radius 3 is 2.70 bits per heavy atom. The van der Waals surface area contributed by atoms with Crippen molar-refractivity contribution in [1.29, 1.82) is 5.26 Å². The van der Waals surface area contributed by atoms with Crippen molar-refractivity contribution in [2.45, 2.75) is 11.8 Å². The number of aryl methyl sites for hydroxylation is 1. The maximum absolute atomic E-state index is 13.0. The molecule has 0 bridgehead atoms. The van der Waals surface area contributed by atoms with Gasteiger partial charge in [-0.25, -0.2) is 9.18 Å². The van der Waals surface area contributed by atoms with Crippen LogP contribution in [-0.4, -0.2) is 18.3 Å². The number of carbonyl (C=O) groups is 1. The van der Waals surface area contributed by atoms with Crippen molar-refractivity contribution in [3.05, 3.63) is 59.4 Å². The van der Waals surface area contributed by atoms with Gasteiger partial charge in [0.25, 0.3) is 0 Å². The number of thioether (sulfide) groups is 1. The average molecular weight is 329 g/mol. The van der Waals surface area contributed by atoms with Crippen LogP contribution >= 0.6 is 11.8 Å². The summed E-state index contributed by atoms with van der Waals surface area (Å²) in [5.74, 6) is 0.215. The van der Waals surface area contributed by atoms with Gasteiger partial charge in [-0.1, -0.05) is 17.7 Å². The van der Waals surface area contributed by atoms with E-state index in [4.69, 9.17) is 5.26 Å². The summed E-state index contributed by atoms with van der Waals surface area (Å²) < 4.78 is 13.0. The molecule has 0 aromatic heterocycles. The second-order valence-electron chi connectivity index (χ2n) is 4.84. The van der Waals surface area contributed by atoms with Crippen molar-refractivity contribution in [3.8, 4) is 6.07 Å². The van der Waals surface area contributed by atoms with Gasteiger partial charge in [0, 0.05) is 17.2 Å². The third-order valence-electron chi connectivity index (χ3n) is 3.03. The van der Waals surface area contributed by atoms with Gasteiger partial charge in [-0.05, 0) is 37.3 Å². The summed E-state index contributed by atoms with van der Waals surface area (Å²) in [6, 6.07) is 13.2. The topological polar surface area (TPSA) is 64.9 Å². The number of anilines is 1. The van der Waals surface area contributed by atoms with Crippen LogP contribution in [0.5, 0.6) is 0 Å². The molecule has 0 atom stereocenters. The molecule has 2 amide bonds. The summed E-state index contributed by atoms with van der Waals surface area (Å²) in [6.07, 6.45) is 0. The molecule has 6 heteroatoms. The summed E-state index contributed by atoms with van der Waals surface area (Å²) in [5, 5.41) is 14.2. The minimum absolute atomic E-state index is 0.0918. The zero-order valence-corrected chi connectivity index (χ0v) is 13.4. The fraction of sp³-hybridized carbons (Fsp3) is 0.176. The number of halogens is 1. The van der Waals surface area contributed by atoms with E-state index in [-0.39, 0.29) is 11.3 Å². The van der Waals surface area contributed by atoms with Gasteiger partial charge in [0.2, 0.25) is 0 Å². The van der Waals surface area contributed by atoms with E-state index in [1.807, 2.05) is 37.3 Å². The number of carbonyl (C=O) groups excluding carboxylic acids is 1. The Balaban J connectivity index is 1.77. The Bertz CT molecular complexity index is 726. The minimum atomic E-state index is -0.512. The lowest BCUT2D eigenvalue weighted by Crippen LogP contribution is -2.30. The van der Waals surface area contributed by atoms with E-state index in [1.165, 1.54) is 17.7 Å². The standard InChI is InChI=1S/C17H16FN3OS/c1-12-2-5-15(6-3-12)23-9-8-20-17(22)21-16-7-4-14(18)10-13(16)11-19/h2-7,10H,8-9H2,1H3,(H2,20,21,22). The molecular weight excluding hydrogens is 313 g/mol. The summed E-state index contributed by atoms with van der Waals surface area (Å²) in [7, 11) is 0. The van der Waals surface area contributed by atoms with Crippen LogP contribution in [0.1, 0.15) is 11.1 Å². The van der Waals surface area contributed by atoms with Crippen LogP contribution in [-0.2, 0) is 0 Å². The molecule has 2 rings (SSSR count). The smallest absolute Gasteiger partial charge is 0.319 e. The first kappa shape index (κ1) is 16.8. The third kappa shape index (κ3) is 5.31. The Morgan fingerprint density at radius 2 is 2.00 bits per heavy atom. The zero-order valence-electron chi connectivity index (χ0n) is 12.6. The number of amides is 2. The Morgan fingerprint density at radius 1 is 1.26 bits per heavy atom. The molecule has 0 saturated heterocycles. The van der Waals surface area contributed by atoms with Crippen LogP contribution in [0.3, 0.4) is 0 Å². The highest BCUT2D eigenvalue weighted by molar-refractivity contribution is 7.99. The molecule has 0 fully saturated rings. The van der Waals surface area contributed by atoms with E-state index in [0.29, 0.717) is 6.54 Å². The lowest BCUT2D eigenvalue weighted by Gasteiger charge is -2.09. The van der Waals surface area contributed by atoms with Crippen molar-refractivity contribution < 1.29 is 9.18 Å². The van der Waals surface area contributed by atoms with Crippen LogP contribution < -0.4 is 10.6 Å². The highest BCUT2D eigenvalue weighted by Crippen LogP contribution is 2.18. The molecular formula is C17H16FN3OS. The molecule has 2 aromatic rings. The first-order valence-corrected chi connectivity index (χ1v) is 8.01. The van der Waals surface area contributed by atoms with Crippen molar-refractivity contribution in [2.24, 2.45) is 0 Å². The summed E-state index contributed by atoms with van der Waals surface area (Å²) in [5.41, 5.74) is 1.59. The maximum atomic E-state index is 13.0. The first-order chi connectivity index (χ1) is 11.1. The molecule has 23 heavy (non-hydrogen) atoms. The van der Waals surface area contributed by atoms with E-state index < -0.39 is 11.8 Å². The summed E-state index contributed by atoms with van der Waals surface area (Å²) >= 11 is 1.64. The molecule has 118 valence electrons. The highest BCUT2D eigenvalue weighted by atomic mass is 32.2. The minimum Gasteiger partial charge on any atom is -0.337 e. The van der Waals surface area contributed by atoms with Gasteiger partial charge in [0.05, 0.1) is 11.3 Å². The second kappa shape index (κ2) is 8.20. The highest BCUT2D eigenvalue weighted by Gasteiger charge is 2.07. The molecule has 0 spiro atoms. The number of nitrogens with one attached hydrogen (secondary N) is 2. The number of nitrogens with zero attached hydrogens (tertiary/aromatic N) is 1. The van der Waals surface area contributed by atoms with E-state index in [9.17, 15) is 9.18 Å². The number of rotatable bonds is 5. The average Bonchev–Trinajstić information content (AvgIpc) is 2.55. The van der Waals surface area contributed by atoms with Crippen LogP contribution in [0, 0.1) is 24.1 Å². The molecule has 2 aromatic carbocycles. The molecule has 0 saturated carbocycles. The Hall–Kier alpha value is -2.52. The molecule has 0 heterocycles. The Labute approximate surface area is 138 Å². The van der Waals surface area contributed by atoms with E-state index >= 15 is 0 Å². The monoisotopic (exact) mass is 329 g/mol. The third-order valence-corrected chi connectivity index (χ3v) is 4.04. The van der Waals surface area contributed by atoms with Crippen LogP contribution in [0.2, 0.25) is 0 Å². The van der Waals surface area contributed by atoms with Gasteiger partial charge >= 0.3 is 6.03 Å². The van der Waals surface area contributed by atoms with Gasteiger partial charge in [-0.2, -0.15) is 5.26 Å². The molecule has 0 radical (unpaired) electrons. The van der Waals surface area contributed by atoms with Gasteiger partial charge in [-0.15, -0.1) is 11.8 Å². The van der Waals surface area contributed by atoms with E-state index in [1.54, 1.807) is 11.8 Å². The number of hydrogen-bond acceptors (Lipinski definition) is 3. The van der Waals surface area contributed by atoms with Crippen molar-refractivity contribution >= 4 is 23.5 Å². The summed E-state index contributed by atoms with van der Waals surface area (Å²) in [4.78, 5) is 12.9. The number of benzene rings is 2. The summed E-state index contributed by atoms with van der Waals surface area (Å²) in [6.45, 7) is 2.51. The lowest BCUT2D eigenvalue weighted by atomic mass is 10.2. The van der Waals surface area contributed by atoms with Gasteiger partial charge in [0.1, 0.15) is 11.9 Å². The lowest BCUT2D eigenvalue weighted by molar-refractivity contribution is 0.252. The van der Waals surface area contributed by atoms with Crippen LogP contribution in [0.15, 0.2) is 47.4 Å². The molecule has 4 nitrogen and oxygen atoms in total. The van der Waals surface area contributed by atoms with Gasteiger partial charge < -0.3 is 10.6 Å². The van der Waals surface area contributed by atoms with Gasteiger partial charge in [-0.3, -0.25) is 0 Å². The van der Waals surface area contributed by atoms with Crippen LogP contribution in [0.25, 0.3) is 0 Å². The number of urea groups is 1. The quantitative estimate of drug-likeness (QED) is 0.645. The SMILES string of the molecule is Cc1ccc(SCCNC(=O)Nc2ccc(F)cc2C#N)cc1.